The highest BCUT2D eigenvalue weighted by molar-refractivity contribution is 7.89. The molecule has 5 nitrogen and oxygen atoms in total. The van der Waals surface area contributed by atoms with E-state index in [1.807, 2.05) is 6.92 Å². The van der Waals surface area contributed by atoms with E-state index in [4.69, 9.17) is 22.1 Å². The maximum atomic E-state index is 13.9. The van der Waals surface area contributed by atoms with E-state index in [2.05, 4.69) is 4.72 Å². The Morgan fingerprint density at radius 2 is 2.20 bits per heavy atom. The molecule has 1 aromatic carbocycles. The van der Waals surface area contributed by atoms with E-state index < -0.39 is 20.7 Å². The molecule has 1 heterocycles. The van der Waals surface area contributed by atoms with Crippen LogP contribution in [0.1, 0.15) is 19.8 Å². The van der Waals surface area contributed by atoms with Crippen molar-refractivity contribution >= 4 is 27.3 Å². The maximum absolute atomic E-state index is 13.9. The third-order valence-corrected chi connectivity index (χ3v) is 4.87. The summed E-state index contributed by atoms with van der Waals surface area (Å²) < 4.78 is 46.1. The van der Waals surface area contributed by atoms with E-state index in [-0.39, 0.29) is 22.9 Å². The Bertz CT molecular complexity index is 609. The van der Waals surface area contributed by atoms with Gasteiger partial charge in [0, 0.05) is 17.7 Å². The van der Waals surface area contributed by atoms with Crippen molar-refractivity contribution in [1.82, 2.24) is 4.72 Å². The fourth-order valence-corrected chi connectivity index (χ4v) is 3.88. The van der Waals surface area contributed by atoms with Crippen molar-refractivity contribution in [2.45, 2.75) is 36.8 Å². The zero-order valence-electron chi connectivity index (χ0n) is 10.9. The van der Waals surface area contributed by atoms with Crippen LogP contribution < -0.4 is 10.5 Å². The van der Waals surface area contributed by atoms with Gasteiger partial charge in [-0.15, -0.1) is 0 Å². The second-order valence-electron chi connectivity index (χ2n) is 4.83. The average molecular weight is 323 g/mol. The number of nitrogens with one attached hydrogen (secondary N) is 1. The first-order chi connectivity index (χ1) is 9.29. The summed E-state index contributed by atoms with van der Waals surface area (Å²) in [5.74, 6) is -0.984. The number of nitrogen functional groups attached to an aromatic ring is 1. The minimum atomic E-state index is -4.00. The summed E-state index contributed by atoms with van der Waals surface area (Å²) in [6, 6.07) is 1.94. The average Bonchev–Trinajstić information content (AvgIpc) is 2.33. The summed E-state index contributed by atoms with van der Waals surface area (Å²) in [6.07, 6.45) is 1.05. The number of anilines is 1. The number of halogens is 2. The number of nitrogens with two attached hydrogens (primary N) is 1. The van der Waals surface area contributed by atoms with Crippen molar-refractivity contribution in [2.75, 3.05) is 12.3 Å². The molecule has 1 aromatic rings. The van der Waals surface area contributed by atoms with E-state index >= 15 is 0 Å². The SMILES string of the molecule is CC1CC(NS(=O)(=O)c2cc(Cl)cc(N)c2F)CCO1. The van der Waals surface area contributed by atoms with Crippen LogP contribution in [0.15, 0.2) is 17.0 Å². The zero-order valence-corrected chi connectivity index (χ0v) is 12.5. The molecule has 2 unspecified atom stereocenters. The minimum Gasteiger partial charge on any atom is -0.396 e. The van der Waals surface area contributed by atoms with Gasteiger partial charge in [0.1, 0.15) is 4.90 Å². The molecule has 0 amide bonds. The molecule has 2 rings (SSSR count). The Morgan fingerprint density at radius 1 is 1.50 bits per heavy atom. The smallest absolute Gasteiger partial charge is 0.243 e. The van der Waals surface area contributed by atoms with Gasteiger partial charge in [-0.05, 0) is 31.9 Å². The number of ether oxygens (including phenoxy) is 1. The molecule has 0 spiro atoms. The molecule has 1 fully saturated rings. The second-order valence-corrected chi connectivity index (χ2v) is 6.95. The van der Waals surface area contributed by atoms with E-state index in [0.29, 0.717) is 19.4 Å². The van der Waals surface area contributed by atoms with Crippen molar-refractivity contribution in [2.24, 2.45) is 0 Å². The van der Waals surface area contributed by atoms with Gasteiger partial charge in [0.2, 0.25) is 10.0 Å². The van der Waals surface area contributed by atoms with E-state index in [0.717, 1.165) is 6.07 Å². The van der Waals surface area contributed by atoms with E-state index in [1.54, 1.807) is 0 Å². The summed E-state index contributed by atoms with van der Waals surface area (Å²) in [6.45, 7) is 2.33. The molecule has 0 aromatic heterocycles. The molecule has 0 saturated carbocycles. The first-order valence-electron chi connectivity index (χ1n) is 6.18. The maximum Gasteiger partial charge on any atom is 0.243 e. The van der Waals surface area contributed by atoms with Crippen LogP contribution in [0.2, 0.25) is 5.02 Å². The van der Waals surface area contributed by atoms with E-state index in [9.17, 15) is 12.8 Å². The van der Waals surface area contributed by atoms with Gasteiger partial charge in [-0.2, -0.15) is 0 Å². The van der Waals surface area contributed by atoms with Crippen LogP contribution in [0.4, 0.5) is 10.1 Å². The Morgan fingerprint density at radius 3 is 2.85 bits per heavy atom. The molecule has 0 bridgehead atoms. The molecule has 1 aliphatic rings. The van der Waals surface area contributed by atoms with Crippen LogP contribution in [-0.4, -0.2) is 27.2 Å². The van der Waals surface area contributed by atoms with Crippen molar-refractivity contribution in [1.29, 1.82) is 0 Å². The van der Waals surface area contributed by atoms with E-state index in [1.165, 1.54) is 6.07 Å². The first-order valence-corrected chi connectivity index (χ1v) is 8.04. The van der Waals surface area contributed by atoms with Crippen LogP contribution >= 0.6 is 11.6 Å². The van der Waals surface area contributed by atoms with Crippen LogP contribution in [0.3, 0.4) is 0 Å². The Hall–Kier alpha value is -0.890. The minimum absolute atomic E-state index is 0.0364. The quantitative estimate of drug-likeness (QED) is 0.833. The van der Waals surface area contributed by atoms with Crippen molar-refractivity contribution < 1.29 is 17.5 Å². The highest BCUT2D eigenvalue weighted by Crippen LogP contribution is 2.26. The number of hydrogen-bond acceptors (Lipinski definition) is 4. The zero-order chi connectivity index (χ0) is 14.9. The van der Waals surface area contributed by atoms with Gasteiger partial charge in [0.05, 0.1) is 11.8 Å². The van der Waals surface area contributed by atoms with Gasteiger partial charge in [-0.3, -0.25) is 0 Å². The number of rotatable bonds is 3. The van der Waals surface area contributed by atoms with Gasteiger partial charge in [-0.25, -0.2) is 17.5 Å². The van der Waals surface area contributed by atoms with Crippen LogP contribution in [0, 0.1) is 5.82 Å². The predicted molar refractivity (Wildman–Crippen MR) is 74.6 cm³/mol. The molecule has 3 N–H and O–H groups in total. The van der Waals surface area contributed by atoms with Crippen molar-refractivity contribution in [3.8, 4) is 0 Å². The molecule has 2 atom stereocenters. The fraction of sp³-hybridized carbons (Fsp3) is 0.500. The van der Waals surface area contributed by atoms with Crippen LogP contribution in [0.5, 0.6) is 0 Å². The lowest BCUT2D eigenvalue weighted by molar-refractivity contribution is 0.0173. The molecule has 1 saturated heterocycles. The summed E-state index contributed by atoms with van der Waals surface area (Å²) in [5.41, 5.74) is 5.11. The third kappa shape index (κ3) is 3.41. The molecule has 20 heavy (non-hydrogen) atoms. The van der Waals surface area contributed by atoms with Crippen molar-refractivity contribution in [3.05, 3.63) is 23.0 Å². The summed E-state index contributed by atoms with van der Waals surface area (Å²) in [5, 5.41) is 0.0737. The van der Waals surface area contributed by atoms with Gasteiger partial charge < -0.3 is 10.5 Å². The lowest BCUT2D eigenvalue weighted by Gasteiger charge is -2.27. The van der Waals surface area contributed by atoms with Gasteiger partial charge in [-0.1, -0.05) is 11.6 Å². The van der Waals surface area contributed by atoms with Crippen molar-refractivity contribution in [3.63, 3.8) is 0 Å². The first kappa shape index (κ1) is 15.5. The molecular weight excluding hydrogens is 307 g/mol. The topological polar surface area (TPSA) is 81.4 Å². The van der Waals surface area contributed by atoms with Gasteiger partial charge in [0.15, 0.2) is 5.82 Å². The molecule has 1 aliphatic heterocycles. The molecule has 0 aliphatic carbocycles. The number of sulfonamides is 1. The monoisotopic (exact) mass is 322 g/mol. The van der Waals surface area contributed by atoms with Gasteiger partial charge >= 0.3 is 0 Å². The predicted octanol–water partition coefficient (Wildman–Crippen LogP) is 1.91. The highest BCUT2D eigenvalue weighted by atomic mass is 35.5. The Balaban J connectivity index is 2.26. The normalized spacial score (nSPS) is 23.8. The van der Waals surface area contributed by atoms with Gasteiger partial charge in [0.25, 0.3) is 0 Å². The number of hydrogen-bond donors (Lipinski definition) is 2. The Labute approximate surface area is 122 Å². The molecule has 8 heteroatoms. The lowest BCUT2D eigenvalue weighted by Crippen LogP contribution is -2.41. The Kier molecular flexibility index (Phi) is 4.53. The molecule has 112 valence electrons. The van der Waals surface area contributed by atoms with Crippen LogP contribution in [0.25, 0.3) is 0 Å². The summed E-state index contributed by atoms with van der Waals surface area (Å²) in [7, 11) is -4.00. The second kappa shape index (κ2) is 5.85. The lowest BCUT2D eigenvalue weighted by atomic mass is 10.1. The highest BCUT2D eigenvalue weighted by Gasteiger charge is 2.28. The summed E-state index contributed by atoms with van der Waals surface area (Å²) >= 11 is 5.74. The third-order valence-electron chi connectivity index (χ3n) is 3.13. The number of benzene rings is 1. The molecular formula is C12H16ClFN2O3S. The fourth-order valence-electron chi connectivity index (χ4n) is 2.17. The molecule has 0 radical (unpaired) electrons. The van der Waals surface area contributed by atoms with Crippen LogP contribution in [-0.2, 0) is 14.8 Å². The summed E-state index contributed by atoms with van der Waals surface area (Å²) in [4.78, 5) is -0.526. The standard InChI is InChI=1S/C12H16ClFN2O3S/c1-7-4-9(2-3-19-7)16-20(17,18)11-6-8(13)5-10(15)12(11)14/h5-7,9,16H,2-4,15H2,1H3. The largest absolute Gasteiger partial charge is 0.396 e.